The molecule has 0 bridgehead atoms. The van der Waals surface area contributed by atoms with E-state index in [0.29, 0.717) is 21.8 Å². The standard InChI is InChI=1S/C19H18ClNO3/c1-11-4-6-14(12(2)8-11)17(22)10-19(24)15-9-13(20)5-7-16(15)21(3)18(19)23/h4-9,24H,10H2,1-3H3. The van der Waals surface area contributed by atoms with E-state index < -0.39 is 11.5 Å². The van der Waals surface area contributed by atoms with Gasteiger partial charge in [0.15, 0.2) is 11.4 Å². The molecule has 0 aromatic heterocycles. The Morgan fingerprint density at radius 2 is 1.92 bits per heavy atom. The van der Waals surface area contributed by atoms with Gasteiger partial charge in [-0.2, -0.15) is 0 Å². The number of benzene rings is 2. The van der Waals surface area contributed by atoms with Crippen LogP contribution in [0, 0.1) is 13.8 Å². The summed E-state index contributed by atoms with van der Waals surface area (Å²) in [6, 6.07) is 10.4. The molecule has 1 aliphatic rings. The third-order valence-corrected chi connectivity index (χ3v) is 4.76. The summed E-state index contributed by atoms with van der Waals surface area (Å²) in [7, 11) is 1.58. The number of hydrogen-bond donors (Lipinski definition) is 1. The van der Waals surface area contributed by atoms with Gasteiger partial charge < -0.3 is 10.0 Å². The molecule has 1 N–H and O–H groups in total. The smallest absolute Gasteiger partial charge is 0.263 e. The number of Topliss-reactive ketones (excluding diaryl/α,β-unsaturated/α-hetero) is 1. The number of carbonyl (C=O) groups excluding carboxylic acids is 2. The van der Waals surface area contributed by atoms with Gasteiger partial charge >= 0.3 is 0 Å². The monoisotopic (exact) mass is 343 g/mol. The number of likely N-dealkylation sites (N-methyl/N-ethyl adjacent to an activating group) is 1. The van der Waals surface area contributed by atoms with E-state index >= 15 is 0 Å². The highest BCUT2D eigenvalue weighted by molar-refractivity contribution is 6.31. The largest absolute Gasteiger partial charge is 0.375 e. The maximum Gasteiger partial charge on any atom is 0.263 e. The van der Waals surface area contributed by atoms with Crippen molar-refractivity contribution in [3.63, 3.8) is 0 Å². The molecule has 0 saturated carbocycles. The van der Waals surface area contributed by atoms with Crippen molar-refractivity contribution in [3.05, 3.63) is 63.7 Å². The Balaban J connectivity index is 2.01. The second-order valence-corrected chi connectivity index (χ2v) is 6.74. The molecule has 1 heterocycles. The topological polar surface area (TPSA) is 57.6 Å². The van der Waals surface area contributed by atoms with Gasteiger partial charge in [0.1, 0.15) is 0 Å². The first-order valence-electron chi connectivity index (χ1n) is 7.65. The number of nitrogens with zero attached hydrogens (tertiary/aromatic N) is 1. The minimum Gasteiger partial charge on any atom is -0.375 e. The van der Waals surface area contributed by atoms with Crippen molar-refractivity contribution < 1.29 is 14.7 Å². The van der Waals surface area contributed by atoms with E-state index in [1.807, 2.05) is 26.0 Å². The van der Waals surface area contributed by atoms with E-state index in [4.69, 9.17) is 11.6 Å². The van der Waals surface area contributed by atoms with Crippen molar-refractivity contribution in [1.29, 1.82) is 0 Å². The normalized spacial score (nSPS) is 19.5. The van der Waals surface area contributed by atoms with Crippen LogP contribution < -0.4 is 4.90 Å². The molecule has 0 saturated heterocycles. The molecule has 1 aliphatic heterocycles. The Bertz CT molecular complexity index is 862. The molecule has 3 rings (SSSR count). The predicted molar refractivity (Wildman–Crippen MR) is 93.6 cm³/mol. The summed E-state index contributed by atoms with van der Waals surface area (Å²) in [5.41, 5.74) is 1.45. The van der Waals surface area contributed by atoms with Crippen LogP contribution in [0.25, 0.3) is 0 Å². The Labute approximate surface area is 145 Å². The predicted octanol–water partition coefficient (Wildman–Crippen LogP) is 3.39. The highest BCUT2D eigenvalue weighted by Crippen LogP contribution is 2.43. The number of hydrogen-bond acceptors (Lipinski definition) is 3. The van der Waals surface area contributed by atoms with Gasteiger partial charge in [-0.05, 0) is 37.6 Å². The number of carbonyl (C=O) groups is 2. The van der Waals surface area contributed by atoms with E-state index in [2.05, 4.69) is 0 Å². The van der Waals surface area contributed by atoms with E-state index in [1.54, 1.807) is 31.3 Å². The van der Waals surface area contributed by atoms with Crippen molar-refractivity contribution >= 4 is 29.0 Å². The van der Waals surface area contributed by atoms with Crippen molar-refractivity contribution in [2.75, 3.05) is 11.9 Å². The van der Waals surface area contributed by atoms with Crippen LogP contribution in [0.5, 0.6) is 0 Å². The van der Waals surface area contributed by atoms with Gasteiger partial charge in [0, 0.05) is 23.2 Å². The lowest BCUT2D eigenvalue weighted by Crippen LogP contribution is -2.40. The average Bonchev–Trinajstić information content (AvgIpc) is 2.69. The molecule has 1 atom stereocenters. The first-order valence-corrected chi connectivity index (χ1v) is 8.03. The molecule has 2 aromatic carbocycles. The summed E-state index contributed by atoms with van der Waals surface area (Å²) in [5.74, 6) is -0.789. The van der Waals surface area contributed by atoms with Crippen LogP contribution in [-0.4, -0.2) is 23.8 Å². The van der Waals surface area contributed by atoms with Crippen LogP contribution in [0.4, 0.5) is 5.69 Å². The SMILES string of the molecule is Cc1ccc(C(=O)CC2(O)C(=O)N(C)c3ccc(Cl)cc32)c(C)c1. The Morgan fingerprint density at radius 1 is 1.21 bits per heavy atom. The third kappa shape index (κ3) is 2.52. The molecular weight excluding hydrogens is 326 g/mol. The van der Waals surface area contributed by atoms with E-state index in [0.717, 1.165) is 11.1 Å². The molecule has 24 heavy (non-hydrogen) atoms. The van der Waals surface area contributed by atoms with Gasteiger partial charge in [-0.15, -0.1) is 0 Å². The lowest BCUT2D eigenvalue weighted by molar-refractivity contribution is -0.135. The molecule has 5 heteroatoms. The fraction of sp³-hybridized carbons (Fsp3) is 0.263. The summed E-state index contributed by atoms with van der Waals surface area (Å²) in [4.78, 5) is 26.7. The molecular formula is C19H18ClNO3. The zero-order chi connectivity index (χ0) is 17.6. The minimum absolute atomic E-state index is 0.274. The number of rotatable bonds is 3. The van der Waals surface area contributed by atoms with Crippen molar-refractivity contribution in [3.8, 4) is 0 Å². The third-order valence-electron chi connectivity index (χ3n) is 4.52. The first-order chi connectivity index (χ1) is 11.2. The maximum atomic E-state index is 12.7. The molecule has 0 spiro atoms. The van der Waals surface area contributed by atoms with Gasteiger partial charge in [-0.1, -0.05) is 35.4 Å². The Hall–Kier alpha value is -2.17. The Kier molecular flexibility index (Phi) is 3.98. The number of ketones is 1. The molecule has 1 unspecified atom stereocenters. The second-order valence-electron chi connectivity index (χ2n) is 6.30. The molecule has 2 aromatic rings. The minimum atomic E-state index is -1.89. The lowest BCUT2D eigenvalue weighted by Gasteiger charge is -2.21. The first kappa shape index (κ1) is 16.7. The number of fused-ring (bicyclic) bond motifs is 1. The molecule has 124 valence electrons. The molecule has 1 amide bonds. The van der Waals surface area contributed by atoms with E-state index in [-0.39, 0.29) is 12.2 Å². The summed E-state index contributed by atoms with van der Waals surface area (Å²) in [6.45, 7) is 3.79. The number of anilines is 1. The van der Waals surface area contributed by atoms with Crippen LogP contribution in [-0.2, 0) is 10.4 Å². The highest BCUT2D eigenvalue weighted by Gasteiger charge is 2.49. The van der Waals surface area contributed by atoms with Crippen molar-refractivity contribution in [1.82, 2.24) is 0 Å². The quantitative estimate of drug-likeness (QED) is 0.869. The number of aliphatic hydroxyl groups is 1. The zero-order valence-corrected chi connectivity index (χ0v) is 14.5. The summed E-state index contributed by atoms with van der Waals surface area (Å²) in [5, 5.41) is 11.4. The number of amides is 1. The van der Waals surface area contributed by atoms with Gasteiger partial charge in [0.2, 0.25) is 0 Å². The van der Waals surface area contributed by atoms with Gasteiger partial charge in [-0.3, -0.25) is 9.59 Å². The summed E-state index contributed by atoms with van der Waals surface area (Å²) in [6.07, 6.45) is -0.312. The molecule has 0 fully saturated rings. The lowest BCUT2D eigenvalue weighted by atomic mass is 9.87. The van der Waals surface area contributed by atoms with Gasteiger partial charge in [-0.25, -0.2) is 0 Å². The van der Waals surface area contributed by atoms with Crippen LogP contribution in [0.2, 0.25) is 5.02 Å². The van der Waals surface area contributed by atoms with Crippen LogP contribution in [0.3, 0.4) is 0 Å². The van der Waals surface area contributed by atoms with E-state index in [1.165, 1.54) is 4.90 Å². The summed E-state index contributed by atoms with van der Waals surface area (Å²) < 4.78 is 0. The van der Waals surface area contributed by atoms with Crippen LogP contribution in [0.1, 0.15) is 33.5 Å². The maximum absolute atomic E-state index is 12.7. The van der Waals surface area contributed by atoms with Gasteiger partial charge in [0.05, 0.1) is 12.1 Å². The summed E-state index contributed by atoms with van der Waals surface area (Å²) >= 11 is 6.02. The molecule has 0 aliphatic carbocycles. The zero-order valence-electron chi connectivity index (χ0n) is 13.8. The number of halogens is 1. The molecule has 4 nitrogen and oxygen atoms in total. The fourth-order valence-electron chi connectivity index (χ4n) is 3.26. The molecule has 0 radical (unpaired) electrons. The van der Waals surface area contributed by atoms with Crippen LogP contribution >= 0.6 is 11.6 Å². The highest BCUT2D eigenvalue weighted by atomic mass is 35.5. The van der Waals surface area contributed by atoms with Crippen molar-refractivity contribution in [2.24, 2.45) is 0 Å². The second kappa shape index (κ2) is 5.72. The number of aryl methyl sites for hydroxylation is 2. The van der Waals surface area contributed by atoms with Crippen molar-refractivity contribution in [2.45, 2.75) is 25.9 Å². The average molecular weight is 344 g/mol. The fourth-order valence-corrected chi connectivity index (χ4v) is 3.43. The van der Waals surface area contributed by atoms with Gasteiger partial charge in [0.25, 0.3) is 5.91 Å². The Morgan fingerprint density at radius 3 is 2.58 bits per heavy atom. The van der Waals surface area contributed by atoms with Crippen LogP contribution in [0.15, 0.2) is 36.4 Å². The van der Waals surface area contributed by atoms with E-state index in [9.17, 15) is 14.7 Å².